The quantitative estimate of drug-likeness (QED) is 0.165. The number of alkyl halides is 3. The summed E-state index contributed by atoms with van der Waals surface area (Å²) in [5, 5.41) is 0.611. The molecule has 1 heterocycles. The molecule has 0 aliphatic carbocycles. The highest BCUT2D eigenvalue weighted by Crippen LogP contribution is 2.37. The smallest absolute Gasteiger partial charge is 0.385 e. The molecule has 0 radical (unpaired) electrons. The van der Waals surface area contributed by atoms with Crippen molar-refractivity contribution in [2.45, 2.75) is 23.8 Å². The fourth-order valence-electron chi connectivity index (χ4n) is 2.88. The van der Waals surface area contributed by atoms with Gasteiger partial charge in [0.2, 0.25) is 3.79 Å². The van der Waals surface area contributed by atoms with Crippen molar-refractivity contribution in [2.24, 2.45) is 4.99 Å². The number of benzene rings is 2. The first-order chi connectivity index (χ1) is 17.3. The maximum absolute atomic E-state index is 8.49. The molecule has 0 spiro atoms. The molecular formula is C22H24Cl4N4O6S. The highest BCUT2D eigenvalue weighted by atomic mass is 35.7. The fraction of sp³-hybridized carbons (Fsp3) is 0.318. The number of nitrogens with zero attached hydrogens (tertiary/aromatic N) is 4. The minimum atomic E-state index is -4.94. The van der Waals surface area contributed by atoms with E-state index in [1.807, 2.05) is 78.5 Å². The Kier molecular flexibility index (Phi) is 12.1. The SMILES string of the molecule is CCOC(=NC(N(C)c1nc(-c2ccccc2)[n+](-c2ccccc2)s1)C(Cl)(Cl)Cl)OCC.[O-][Cl+3]([O-])([O-])[O-]. The van der Waals surface area contributed by atoms with Crippen LogP contribution in [-0.4, -0.2) is 41.3 Å². The molecule has 0 saturated carbocycles. The molecule has 10 nitrogen and oxygen atoms in total. The van der Waals surface area contributed by atoms with Gasteiger partial charge >= 0.3 is 17.0 Å². The third kappa shape index (κ3) is 10.4. The van der Waals surface area contributed by atoms with Crippen molar-refractivity contribution in [2.75, 3.05) is 25.2 Å². The van der Waals surface area contributed by atoms with Gasteiger partial charge in [0.25, 0.3) is 0 Å². The predicted octanol–water partition coefficient (Wildman–Crippen LogP) is 0.892. The van der Waals surface area contributed by atoms with Gasteiger partial charge in [0.05, 0.1) is 18.8 Å². The Morgan fingerprint density at radius 1 is 1.00 bits per heavy atom. The first-order valence-corrected chi connectivity index (χ1v) is 13.8. The standard InChI is InChI=1S/C22H24Cl3N4O2S.ClHO4/c1-4-30-21(31-5-2)27-19(22(23,24)25)28(3)20-26-18(16-12-8-6-9-13-16)29(32-20)17-14-10-7-11-15-17;2-1(3,4)5/h6-15,19H,4-5H2,1-3H3;(H,2,3,4,5)/q+1;/p-1. The summed E-state index contributed by atoms with van der Waals surface area (Å²) in [6, 6.07) is 19.9. The third-order valence-electron chi connectivity index (χ3n) is 4.31. The van der Waals surface area contributed by atoms with E-state index in [1.54, 1.807) is 11.9 Å². The largest absolute Gasteiger partial charge is 0.451 e. The Bertz CT molecular complexity index is 1060. The number of para-hydroxylation sites is 1. The Labute approximate surface area is 235 Å². The van der Waals surface area contributed by atoms with Crippen molar-refractivity contribution in [3.8, 4) is 17.1 Å². The van der Waals surface area contributed by atoms with E-state index in [-0.39, 0.29) is 6.08 Å². The number of ether oxygens (including phenoxy) is 2. The van der Waals surface area contributed by atoms with Gasteiger partial charge in [0.15, 0.2) is 6.17 Å². The highest BCUT2D eigenvalue weighted by Gasteiger charge is 2.41. The fourth-order valence-corrected chi connectivity index (χ4v) is 4.44. The molecule has 0 N–H and O–H groups in total. The van der Waals surface area contributed by atoms with Crippen molar-refractivity contribution in [1.29, 1.82) is 0 Å². The van der Waals surface area contributed by atoms with Crippen LogP contribution in [0.1, 0.15) is 13.8 Å². The number of anilines is 1. The first kappa shape index (κ1) is 31.3. The maximum Gasteiger partial charge on any atom is 0.385 e. The van der Waals surface area contributed by atoms with E-state index in [0.29, 0.717) is 18.3 Å². The molecule has 37 heavy (non-hydrogen) atoms. The lowest BCUT2D eigenvalue weighted by Crippen LogP contribution is -2.68. The lowest BCUT2D eigenvalue weighted by molar-refractivity contribution is -2.00. The monoisotopic (exact) mass is 612 g/mol. The number of halogens is 4. The van der Waals surface area contributed by atoms with Crippen LogP contribution in [0, 0.1) is 10.2 Å². The van der Waals surface area contributed by atoms with E-state index in [0.717, 1.165) is 17.1 Å². The lowest BCUT2D eigenvalue weighted by atomic mass is 10.2. The van der Waals surface area contributed by atoms with Gasteiger partial charge in [-0.1, -0.05) is 71.2 Å². The Morgan fingerprint density at radius 2 is 1.49 bits per heavy atom. The second-order valence-corrected chi connectivity index (χ2v) is 11.0. The molecule has 0 bridgehead atoms. The van der Waals surface area contributed by atoms with E-state index in [4.69, 9.17) is 67.9 Å². The average molecular weight is 614 g/mol. The van der Waals surface area contributed by atoms with Gasteiger partial charge in [-0.25, -0.2) is 18.6 Å². The van der Waals surface area contributed by atoms with Gasteiger partial charge in [-0.05, 0) is 43.1 Å². The summed E-state index contributed by atoms with van der Waals surface area (Å²) in [5.74, 6) is 0.769. The predicted molar refractivity (Wildman–Crippen MR) is 132 cm³/mol. The zero-order valence-corrected chi connectivity index (χ0v) is 23.8. The number of rotatable bonds is 7. The van der Waals surface area contributed by atoms with Crippen LogP contribution in [0.5, 0.6) is 0 Å². The van der Waals surface area contributed by atoms with Gasteiger partial charge in [0, 0.05) is 7.05 Å². The molecule has 1 unspecified atom stereocenters. The number of hydrogen-bond donors (Lipinski definition) is 0. The van der Waals surface area contributed by atoms with Crippen LogP contribution in [0.3, 0.4) is 0 Å². The molecule has 3 rings (SSSR count). The van der Waals surface area contributed by atoms with Crippen molar-refractivity contribution >= 4 is 57.6 Å². The van der Waals surface area contributed by atoms with Crippen molar-refractivity contribution < 1.29 is 42.3 Å². The molecule has 0 amide bonds. The summed E-state index contributed by atoms with van der Waals surface area (Å²) in [4.78, 5) is 11.0. The van der Waals surface area contributed by atoms with Crippen molar-refractivity contribution in [3.63, 3.8) is 0 Å². The summed E-state index contributed by atoms with van der Waals surface area (Å²) >= 11 is 20.3. The molecular weight excluding hydrogens is 590 g/mol. The normalized spacial score (nSPS) is 12.2. The highest BCUT2D eigenvalue weighted by molar-refractivity contribution is 7.06. The van der Waals surface area contributed by atoms with Gasteiger partial charge in [0.1, 0.15) is 17.2 Å². The molecule has 15 heteroatoms. The lowest BCUT2D eigenvalue weighted by Gasteiger charge is -2.27. The van der Waals surface area contributed by atoms with E-state index < -0.39 is 20.2 Å². The molecule has 0 aliphatic heterocycles. The summed E-state index contributed by atoms with van der Waals surface area (Å²) < 4.78 is 45.2. The number of hydrogen-bond acceptors (Lipinski definition) is 10. The summed E-state index contributed by atoms with van der Waals surface area (Å²) in [6.07, 6.45) is -0.867. The van der Waals surface area contributed by atoms with Crippen molar-refractivity contribution in [3.05, 3.63) is 60.7 Å². The second kappa shape index (κ2) is 14.3. The topological polar surface area (TPSA) is 143 Å². The average Bonchev–Trinajstić information content (AvgIpc) is 3.27. The van der Waals surface area contributed by atoms with Crippen LogP contribution in [0.15, 0.2) is 65.7 Å². The van der Waals surface area contributed by atoms with Crippen LogP contribution < -0.4 is 27.5 Å². The zero-order chi connectivity index (χ0) is 27.6. The maximum atomic E-state index is 8.49. The van der Waals surface area contributed by atoms with Crippen LogP contribution in [0.4, 0.5) is 5.13 Å². The summed E-state index contributed by atoms with van der Waals surface area (Å²) in [5.41, 5.74) is 1.94. The second-order valence-electron chi connectivity index (χ2n) is 6.97. The van der Waals surface area contributed by atoms with E-state index in [9.17, 15) is 0 Å². The van der Waals surface area contributed by atoms with Gasteiger partial charge < -0.3 is 14.4 Å². The van der Waals surface area contributed by atoms with E-state index in [2.05, 4.69) is 4.99 Å². The Morgan fingerprint density at radius 3 is 1.95 bits per heavy atom. The van der Waals surface area contributed by atoms with E-state index in [1.165, 1.54) is 11.5 Å². The molecule has 3 aromatic rings. The molecule has 0 fully saturated rings. The molecule has 202 valence electrons. The van der Waals surface area contributed by atoms with Crippen LogP contribution in [0.25, 0.3) is 17.1 Å². The number of aliphatic imine (C=N–C) groups is 1. The van der Waals surface area contributed by atoms with Crippen molar-refractivity contribution in [1.82, 2.24) is 4.98 Å². The molecule has 2 aromatic carbocycles. The Balaban J connectivity index is 0.000000877. The summed E-state index contributed by atoms with van der Waals surface area (Å²) in [7, 11) is -3.17. The first-order valence-electron chi connectivity index (χ1n) is 10.6. The third-order valence-corrected chi connectivity index (χ3v) is 6.01. The van der Waals surface area contributed by atoms with Crippen LogP contribution in [-0.2, 0) is 9.47 Å². The molecule has 1 aromatic heterocycles. The van der Waals surface area contributed by atoms with Gasteiger partial charge in [-0.15, -0.1) is 14.2 Å². The molecule has 0 saturated heterocycles. The van der Waals surface area contributed by atoms with E-state index >= 15 is 0 Å². The summed E-state index contributed by atoms with van der Waals surface area (Å²) in [6.45, 7) is 4.41. The number of aromatic nitrogens is 2. The van der Waals surface area contributed by atoms with Crippen LogP contribution in [0.2, 0.25) is 0 Å². The van der Waals surface area contributed by atoms with Crippen LogP contribution >= 0.6 is 46.3 Å². The van der Waals surface area contributed by atoms with Gasteiger partial charge in [-0.2, -0.15) is 4.99 Å². The zero-order valence-electron chi connectivity index (χ0n) is 19.9. The molecule has 1 atom stereocenters. The van der Waals surface area contributed by atoms with Gasteiger partial charge in [-0.3, -0.25) is 0 Å². The molecule has 0 aliphatic rings. The minimum absolute atomic E-state index is 0.0638. The Hall–Kier alpha value is -1.93. The minimum Gasteiger partial charge on any atom is -0.451 e.